The van der Waals surface area contributed by atoms with Gasteiger partial charge < -0.3 is 10.2 Å². The fourth-order valence-corrected chi connectivity index (χ4v) is 2.21. The average Bonchev–Trinajstić information content (AvgIpc) is 2.29. The van der Waals surface area contributed by atoms with Crippen molar-refractivity contribution in [3.8, 4) is 0 Å². The first-order valence-corrected chi connectivity index (χ1v) is 6.29. The van der Waals surface area contributed by atoms with Crippen LogP contribution in [-0.4, -0.2) is 27.9 Å². The minimum Gasteiger partial charge on any atom is -0.481 e. The number of carboxylic acid groups (broad SMARTS) is 2. The molecule has 1 unspecified atom stereocenters. The van der Waals surface area contributed by atoms with E-state index >= 15 is 0 Å². The Labute approximate surface area is 104 Å². The smallest absolute Gasteiger partial charge is 0.335 e. The molecule has 0 radical (unpaired) electrons. The van der Waals surface area contributed by atoms with Crippen molar-refractivity contribution in [3.05, 3.63) is 35.4 Å². The molecule has 0 aromatic heterocycles. The molecule has 0 saturated heterocycles. The van der Waals surface area contributed by atoms with E-state index in [1.807, 2.05) is 0 Å². The molecular formula is C12H14O4S. The lowest BCUT2D eigenvalue weighted by Crippen LogP contribution is -2.11. The van der Waals surface area contributed by atoms with Gasteiger partial charge in [-0.2, -0.15) is 11.8 Å². The zero-order chi connectivity index (χ0) is 12.8. The summed E-state index contributed by atoms with van der Waals surface area (Å²) >= 11 is 1.53. The maximum atomic E-state index is 10.6. The van der Waals surface area contributed by atoms with Crippen molar-refractivity contribution in [2.45, 2.75) is 12.7 Å². The van der Waals surface area contributed by atoms with Crippen LogP contribution in [-0.2, 0) is 10.5 Å². The number of benzene rings is 1. The van der Waals surface area contributed by atoms with E-state index in [1.54, 1.807) is 31.2 Å². The lowest BCUT2D eigenvalue weighted by molar-refractivity contribution is -0.140. The highest BCUT2D eigenvalue weighted by atomic mass is 32.2. The molecule has 17 heavy (non-hydrogen) atoms. The molecule has 1 aromatic carbocycles. The monoisotopic (exact) mass is 254 g/mol. The summed E-state index contributed by atoms with van der Waals surface area (Å²) in [7, 11) is 0. The summed E-state index contributed by atoms with van der Waals surface area (Å²) in [6.07, 6.45) is 0. The Bertz CT molecular complexity index is 399. The Morgan fingerprint density at radius 2 is 1.82 bits per heavy atom. The number of aromatic carboxylic acids is 1. The van der Waals surface area contributed by atoms with E-state index in [4.69, 9.17) is 10.2 Å². The lowest BCUT2D eigenvalue weighted by Gasteiger charge is -2.05. The number of aliphatic carboxylic acids is 1. The maximum Gasteiger partial charge on any atom is 0.335 e. The Hall–Kier alpha value is -1.49. The number of rotatable bonds is 6. The van der Waals surface area contributed by atoms with Crippen molar-refractivity contribution in [2.75, 3.05) is 5.75 Å². The highest BCUT2D eigenvalue weighted by Gasteiger charge is 2.10. The first kappa shape index (κ1) is 13.6. The standard InChI is InChI=1S/C12H14O4S/c1-8(11(13)14)6-17-7-9-2-4-10(5-3-9)12(15)16/h2-5,8H,6-7H2,1H3,(H,13,14)(H,15,16). The predicted octanol–water partition coefficient (Wildman–Crippen LogP) is 2.34. The van der Waals surface area contributed by atoms with Crippen molar-refractivity contribution < 1.29 is 19.8 Å². The van der Waals surface area contributed by atoms with Gasteiger partial charge in [0.1, 0.15) is 0 Å². The number of carboxylic acids is 2. The summed E-state index contributed by atoms with van der Waals surface area (Å²) in [5.74, 6) is -0.853. The molecular weight excluding hydrogens is 240 g/mol. The van der Waals surface area contributed by atoms with Gasteiger partial charge >= 0.3 is 11.9 Å². The van der Waals surface area contributed by atoms with E-state index in [9.17, 15) is 9.59 Å². The molecule has 0 aliphatic carbocycles. The second-order valence-electron chi connectivity index (χ2n) is 3.76. The zero-order valence-corrected chi connectivity index (χ0v) is 10.2. The third-order valence-corrected chi connectivity index (χ3v) is 3.53. The molecule has 0 aliphatic heterocycles. The fourth-order valence-electron chi connectivity index (χ4n) is 1.17. The molecule has 5 heteroatoms. The van der Waals surface area contributed by atoms with Gasteiger partial charge in [0.05, 0.1) is 11.5 Å². The molecule has 0 fully saturated rings. The highest BCUT2D eigenvalue weighted by molar-refractivity contribution is 7.98. The Kier molecular flexibility index (Phi) is 5.03. The normalized spacial score (nSPS) is 12.1. The van der Waals surface area contributed by atoms with Gasteiger partial charge in [0, 0.05) is 11.5 Å². The van der Waals surface area contributed by atoms with Gasteiger partial charge in [-0.25, -0.2) is 4.79 Å². The van der Waals surface area contributed by atoms with Crippen LogP contribution in [0, 0.1) is 5.92 Å². The molecule has 1 atom stereocenters. The van der Waals surface area contributed by atoms with E-state index in [-0.39, 0.29) is 11.5 Å². The molecule has 0 heterocycles. The predicted molar refractivity (Wildman–Crippen MR) is 66.4 cm³/mol. The minimum atomic E-state index is -0.941. The van der Waals surface area contributed by atoms with E-state index in [1.165, 1.54) is 11.8 Å². The SMILES string of the molecule is CC(CSCc1ccc(C(=O)O)cc1)C(=O)O. The molecule has 0 saturated carbocycles. The van der Waals surface area contributed by atoms with Gasteiger partial charge in [-0.05, 0) is 17.7 Å². The zero-order valence-electron chi connectivity index (χ0n) is 9.42. The van der Waals surface area contributed by atoms with Crippen LogP contribution in [0.2, 0.25) is 0 Å². The summed E-state index contributed by atoms with van der Waals surface area (Å²) in [5.41, 5.74) is 1.26. The van der Waals surface area contributed by atoms with Crippen LogP contribution >= 0.6 is 11.8 Å². The van der Waals surface area contributed by atoms with Crippen LogP contribution in [0.25, 0.3) is 0 Å². The van der Waals surface area contributed by atoms with Crippen LogP contribution in [0.4, 0.5) is 0 Å². The van der Waals surface area contributed by atoms with Crippen LogP contribution in [0.5, 0.6) is 0 Å². The molecule has 92 valence electrons. The number of thioether (sulfide) groups is 1. The van der Waals surface area contributed by atoms with E-state index in [0.29, 0.717) is 11.5 Å². The molecule has 2 N–H and O–H groups in total. The Morgan fingerprint density at radius 1 is 1.24 bits per heavy atom. The first-order valence-electron chi connectivity index (χ1n) is 5.13. The van der Waals surface area contributed by atoms with E-state index < -0.39 is 11.9 Å². The van der Waals surface area contributed by atoms with Crippen LogP contribution in [0.1, 0.15) is 22.8 Å². The fraction of sp³-hybridized carbons (Fsp3) is 0.333. The average molecular weight is 254 g/mol. The number of hydrogen-bond acceptors (Lipinski definition) is 3. The van der Waals surface area contributed by atoms with Crippen molar-refractivity contribution in [1.29, 1.82) is 0 Å². The molecule has 4 nitrogen and oxygen atoms in total. The van der Waals surface area contributed by atoms with Gasteiger partial charge in [-0.1, -0.05) is 19.1 Å². The van der Waals surface area contributed by atoms with E-state index in [2.05, 4.69) is 0 Å². The van der Waals surface area contributed by atoms with Crippen molar-refractivity contribution >= 4 is 23.7 Å². The third-order valence-electron chi connectivity index (χ3n) is 2.26. The van der Waals surface area contributed by atoms with E-state index in [0.717, 1.165) is 5.56 Å². The maximum absolute atomic E-state index is 10.6. The van der Waals surface area contributed by atoms with Gasteiger partial charge in [0.15, 0.2) is 0 Å². The second kappa shape index (κ2) is 6.30. The minimum absolute atomic E-state index is 0.262. The Balaban J connectivity index is 2.42. The van der Waals surface area contributed by atoms with Crippen LogP contribution < -0.4 is 0 Å². The quantitative estimate of drug-likeness (QED) is 0.815. The molecule has 1 aromatic rings. The topological polar surface area (TPSA) is 74.6 Å². The lowest BCUT2D eigenvalue weighted by atomic mass is 10.1. The first-order chi connectivity index (χ1) is 8.00. The largest absolute Gasteiger partial charge is 0.481 e. The van der Waals surface area contributed by atoms with Gasteiger partial charge in [-0.15, -0.1) is 0 Å². The molecule has 0 spiro atoms. The molecule has 0 amide bonds. The molecule has 0 aliphatic rings. The molecule has 0 bridgehead atoms. The van der Waals surface area contributed by atoms with Crippen LogP contribution in [0.3, 0.4) is 0 Å². The second-order valence-corrected chi connectivity index (χ2v) is 4.79. The van der Waals surface area contributed by atoms with Crippen molar-refractivity contribution in [1.82, 2.24) is 0 Å². The van der Waals surface area contributed by atoms with Crippen LogP contribution in [0.15, 0.2) is 24.3 Å². The van der Waals surface area contributed by atoms with Gasteiger partial charge in [0.2, 0.25) is 0 Å². The summed E-state index contributed by atoms with van der Waals surface area (Å²) in [6, 6.07) is 6.61. The highest BCUT2D eigenvalue weighted by Crippen LogP contribution is 2.16. The summed E-state index contributed by atoms with van der Waals surface area (Å²) in [6.45, 7) is 1.67. The summed E-state index contributed by atoms with van der Waals surface area (Å²) in [5, 5.41) is 17.4. The van der Waals surface area contributed by atoms with Gasteiger partial charge in [0.25, 0.3) is 0 Å². The summed E-state index contributed by atoms with van der Waals surface area (Å²) < 4.78 is 0. The Morgan fingerprint density at radius 3 is 2.29 bits per heavy atom. The van der Waals surface area contributed by atoms with Crippen molar-refractivity contribution in [3.63, 3.8) is 0 Å². The van der Waals surface area contributed by atoms with Gasteiger partial charge in [-0.3, -0.25) is 4.79 Å². The third kappa shape index (κ3) is 4.48. The summed E-state index contributed by atoms with van der Waals surface area (Å²) in [4.78, 5) is 21.2. The van der Waals surface area contributed by atoms with Crippen molar-refractivity contribution in [2.24, 2.45) is 5.92 Å². The molecule has 1 rings (SSSR count). The number of hydrogen-bond donors (Lipinski definition) is 2. The number of carbonyl (C=O) groups is 2.